The number of nitrogens with one attached hydrogen (secondary N) is 1. The highest BCUT2D eigenvalue weighted by Gasteiger charge is 2.50. The summed E-state index contributed by atoms with van der Waals surface area (Å²) in [7, 11) is 2.40. The molecule has 0 aliphatic carbocycles. The van der Waals surface area contributed by atoms with Crippen molar-refractivity contribution in [1.29, 1.82) is 5.26 Å². The fourth-order valence-corrected chi connectivity index (χ4v) is 4.75. The number of carbonyl (C=O) groups excluding carboxylic acids is 3. The van der Waals surface area contributed by atoms with Crippen molar-refractivity contribution in [1.82, 2.24) is 10.2 Å². The molecular formula is C26H22BrN3O5. The van der Waals surface area contributed by atoms with Gasteiger partial charge in [0.2, 0.25) is 5.91 Å². The van der Waals surface area contributed by atoms with Crippen LogP contribution < -0.4 is 5.32 Å². The number of halogens is 1. The average Bonchev–Trinajstić information content (AvgIpc) is 3.21. The van der Waals surface area contributed by atoms with Crippen LogP contribution in [0.1, 0.15) is 23.5 Å². The van der Waals surface area contributed by atoms with Crippen molar-refractivity contribution in [3.05, 3.63) is 92.9 Å². The first kappa shape index (κ1) is 24.2. The average molecular weight is 536 g/mol. The summed E-state index contributed by atoms with van der Waals surface area (Å²) in [6.07, 6.45) is 0.888. The summed E-state index contributed by atoms with van der Waals surface area (Å²) in [6.45, 7) is 0. The molecule has 0 saturated carbocycles. The first-order valence-electron chi connectivity index (χ1n) is 10.9. The van der Waals surface area contributed by atoms with Gasteiger partial charge in [0.1, 0.15) is 17.6 Å². The van der Waals surface area contributed by atoms with E-state index >= 15 is 0 Å². The standard InChI is InChI=1S/C26H22BrN3O5/c1-34-25(32)21-20(16-9-11-17(27)12-10-16)18(14-28)23-29-24(31)19(30(23)22(21)26(33)35-2)13-8-15-6-4-3-5-7-15/h3-7,9-12,19-20H,8,13H2,1-2H3,(H,29,31). The van der Waals surface area contributed by atoms with Crippen LogP contribution in [0.3, 0.4) is 0 Å². The van der Waals surface area contributed by atoms with E-state index in [1.54, 1.807) is 24.3 Å². The molecule has 8 nitrogen and oxygen atoms in total. The largest absolute Gasteiger partial charge is 0.466 e. The first-order chi connectivity index (χ1) is 16.9. The number of nitrogens with zero attached hydrogens (tertiary/aromatic N) is 2. The number of benzene rings is 2. The van der Waals surface area contributed by atoms with Crippen LogP contribution >= 0.6 is 15.9 Å². The molecular weight excluding hydrogens is 514 g/mol. The number of allylic oxidation sites excluding steroid dienone is 1. The third kappa shape index (κ3) is 4.45. The third-order valence-corrected chi connectivity index (χ3v) is 6.61. The maximum atomic E-state index is 13.1. The maximum absolute atomic E-state index is 13.1. The number of fused-ring (bicyclic) bond motifs is 1. The molecule has 4 rings (SSSR count). The van der Waals surface area contributed by atoms with Crippen LogP contribution in [-0.4, -0.2) is 43.0 Å². The van der Waals surface area contributed by atoms with E-state index in [0.29, 0.717) is 18.4 Å². The molecule has 2 aromatic carbocycles. The van der Waals surface area contributed by atoms with Gasteiger partial charge >= 0.3 is 11.9 Å². The molecule has 0 spiro atoms. The van der Waals surface area contributed by atoms with Crippen molar-refractivity contribution < 1.29 is 23.9 Å². The van der Waals surface area contributed by atoms with Gasteiger partial charge in [0, 0.05) is 4.47 Å². The SMILES string of the molecule is COC(=O)C1=C(C(=O)OC)N2C(=C(C#N)C1c1ccc(Br)cc1)NC(=O)C2CCc1ccccc1. The van der Waals surface area contributed by atoms with Gasteiger partial charge in [-0.25, -0.2) is 9.59 Å². The number of hydrogen-bond donors (Lipinski definition) is 1. The summed E-state index contributed by atoms with van der Waals surface area (Å²) in [5.41, 5.74) is 1.57. The number of amides is 1. The Labute approximate surface area is 210 Å². The molecule has 1 saturated heterocycles. The second-order valence-corrected chi connectivity index (χ2v) is 8.92. The van der Waals surface area contributed by atoms with E-state index < -0.39 is 23.9 Å². The lowest BCUT2D eigenvalue weighted by Crippen LogP contribution is -2.41. The van der Waals surface area contributed by atoms with Crippen molar-refractivity contribution >= 4 is 33.8 Å². The number of methoxy groups -OCH3 is 2. The number of nitriles is 1. The number of rotatable bonds is 6. The molecule has 9 heteroatoms. The van der Waals surface area contributed by atoms with E-state index in [0.717, 1.165) is 10.0 Å². The van der Waals surface area contributed by atoms with E-state index in [1.807, 2.05) is 30.3 Å². The molecule has 2 atom stereocenters. The molecule has 1 N–H and O–H groups in total. The Kier molecular flexibility index (Phi) is 7.03. The molecule has 0 bridgehead atoms. The molecule has 2 heterocycles. The number of carbonyl (C=O) groups is 3. The van der Waals surface area contributed by atoms with Crippen molar-refractivity contribution in [2.45, 2.75) is 24.8 Å². The summed E-state index contributed by atoms with van der Waals surface area (Å²) >= 11 is 3.38. The highest BCUT2D eigenvalue weighted by Crippen LogP contribution is 2.45. The zero-order valence-electron chi connectivity index (χ0n) is 19.1. The monoisotopic (exact) mass is 535 g/mol. The first-order valence-corrected chi connectivity index (χ1v) is 11.6. The molecule has 1 fully saturated rings. The number of aryl methyl sites for hydroxylation is 1. The smallest absolute Gasteiger partial charge is 0.355 e. The van der Waals surface area contributed by atoms with E-state index in [-0.39, 0.29) is 28.6 Å². The van der Waals surface area contributed by atoms with Gasteiger partial charge in [-0.3, -0.25) is 4.79 Å². The molecule has 0 aromatic heterocycles. The Hall–Kier alpha value is -3.90. The minimum absolute atomic E-state index is 0.0526. The van der Waals surface area contributed by atoms with Crippen molar-refractivity contribution in [3.8, 4) is 6.07 Å². The Morgan fingerprint density at radius 3 is 2.31 bits per heavy atom. The summed E-state index contributed by atoms with van der Waals surface area (Å²) in [5, 5.41) is 13.0. The Morgan fingerprint density at radius 2 is 1.71 bits per heavy atom. The van der Waals surface area contributed by atoms with Gasteiger partial charge in [-0.05, 0) is 36.1 Å². The number of ether oxygens (including phenoxy) is 2. The van der Waals surface area contributed by atoms with Crippen LogP contribution in [0.4, 0.5) is 0 Å². The third-order valence-electron chi connectivity index (χ3n) is 6.08. The second-order valence-electron chi connectivity index (χ2n) is 8.00. The molecule has 2 aliphatic rings. The Morgan fingerprint density at radius 1 is 1.06 bits per heavy atom. The summed E-state index contributed by atoms with van der Waals surface area (Å²) in [4.78, 5) is 40.8. The van der Waals surface area contributed by atoms with Crippen molar-refractivity contribution in [2.75, 3.05) is 14.2 Å². The Bertz CT molecular complexity index is 1280. The van der Waals surface area contributed by atoms with Crippen LogP contribution in [-0.2, 0) is 30.3 Å². The van der Waals surface area contributed by atoms with Gasteiger partial charge in [-0.1, -0.05) is 58.4 Å². The normalized spacial score (nSPS) is 19.1. The predicted octanol–water partition coefficient (Wildman–Crippen LogP) is 3.31. The fraction of sp³-hybridized carbons (Fsp3) is 0.231. The zero-order valence-corrected chi connectivity index (χ0v) is 20.7. The van der Waals surface area contributed by atoms with Crippen LogP contribution in [0.25, 0.3) is 0 Å². The summed E-state index contributed by atoms with van der Waals surface area (Å²) < 4.78 is 10.9. The van der Waals surface area contributed by atoms with E-state index in [4.69, 9.17) is 9.47 Å². The molecule has 1 amide bonds. The zero-order chi connectivity index (χ0) is 25.1. The molecule has 2 unspecified atom stereocenters. The molecule has 2 aromatic rings. The quantitative estimate of drug-likeness (QED) is 0.565. The molecule has 0 radical (unpaired) electrons. The lowest BCUT2D eigenvalue weighted by Gasteiger charge is -2.35. The highest BCUT2D eigenvalue weighted by atomic mass is 79.9. The number of esters is 2. The topological polar surface area (TPSA) is 109 Å². The van der Waals surface area contributed by atoms with E-state index in [1.165, 1.54) is 19.1 Å². The van der Waals surface area contributed by atoms with Crippen LogP contribution in [0.2, 0.25) is 0 Å². The summed E-state index contributed by atoms with van der Waals surface area (Å²) in [5.74, 6) is -2.72. The predicted molar refractivity (Wildman–Crippen MR) is 129 cm³/mol. The van der Waals surface area contributed by atoms with E-state index in [2.05, 4.69) is 27.3 Å². The lowest BCUT2D eigenvalue weighted by molar-refractivity contribution is -0.141. The van der Waals surface area contributed by atoms with Gasteiger partial charge in [-0.2, -0.15) is 5.26 Å². The second kappa shape index (κ2) is 10.2. The van der Waals surface area contributed by atoms with Gasteiger partial charge in [0.25, 0.3) is 0 Å². The van der Waals surface area contributed by atoms with E-state index in [9.17, 15) is 19.6 Å². The minimum Gasteiger partial charge on any atom is -0.466 e. The van der Waals surface area contributed by atoms with Crippen molar-refractivity contribution in [3.63, 3.8) is 0 Å². The molecule has 35 heavy (non-hydrogen) atoms. The van der Waals surface area contributed by atoms with Crippen molar-refractivity contribution in [2.24, 2.45) is 0 Å². The minimum atomic E-state index is -0.936. The lowest BCUT2D eigenvalue weighted by atomic mass is 9.81. The summed E-state index contributed by atoms with van der Waals surface area (Å²) in [6, 6.07) is 17.9. The van der Waals surface area contributed by atoms with Crippen LogP contribution in [0, 0.1) is 11.3 Å². The molecule has 178 valence electrons. The van der Waals surface area contributed by atoms with Gasteiger partial charge < -0.3 is 19.7 Å². The Balaban J connectivity index is 1.90. The van der Waals surface area contributed by atoms with Crippen LogP contribution in [0.15, 0.2) is 81.7 Å². The number of hydrogen-bond acceptors (Lipinski definition) is 7. The van der Waals surface area contributed by atoms with Crippen LogP contribution in [0.5, 0.6) is 0 Å². The fourth-order valence-electron chi connectivity index (χ4n) is 4.49. The molecule has 2 aliphatic heterocycles. The van der Waals surface area contributed by atoms with Gasteiger partial charge in [-0.15, -0.1) is 0 Å². The van der Waals surface area contributed by atoms with Gasteiger partial charge in [0.15, 0.2) is 0 Å². The highest BCUT2D eigenvalue weighted by molar-refractivity contribution is 9.10. The van der Waals surface area contributed by atoms with Gasteiger partial charge in [0.05, 0.1) is 37.4 Å². The maximum Gasteiger partial charge on any atom is 0.355 e.